The minimum Gasteiger partial charge on any atom is -0.0622 e. The van der Waals surface area contributed by atoms with Gasteiger partial charge in [-0.2, -0.15) is 0 Å². The van der Waals surface area contributed by atoms with E-state index in [1.165, 1.54) is 27.0 Å². The first kappa shape index (κ1) is 17.6. The average Bonchev–Trinajstić information content (AvgIpc) is 2.75. The maximum Gasteiger partial charge on any atom is -0.0160 e. The fourth-order valence-electron chi connectivity index (χ4n) is 3.60. The molecule has 0 aromatic heterocycles. The molecule has 0 N–H and O–H groups in total. The van der Waals surface area contributed by atoms with E-state index in [-0.39, 0.29) is 0 Å². The Balaban J connectivity index is 2.15. The lowest BCUT2D eigenvalue weighted by Gasteiger charge is -2.29. The SMILES string of the molecule is Cc1ccccc1C=P(c1ccccc1)(c1ccccc1)c1ccccc1. The lowest BCUT2D eigenvalue weighted by Crippen LogP contribution is -2.27. The van der Waals surface area contributed by atoms with Crippen molar-refractivity contribution in [3.63, 3.8) is 0 Å². The van der Waals surface area contributed by atoms with Crippen LogP contribution in [0.2, 0.25) is 0 Å². The topological polar surface area (TPSA) is 0 Å². The molecule has 132 valence electrons. The summed E-state index contributed by atoms with van der Waals surface area (Å²) in [5.74, 6) is 2.53. The highest BCUT2D eigenvalue weighted by atomic mass is 31.2. The molecule has 0 aliphatic carbocycles. The Labute approximate surface area is 162 Å². The van der Waals surface area contributed by atoms with Crippen LogP contribution < -0.4 is 15.9 Å². The van der Waals surface area contributed by atoms with Crippen LogP contribution in [0.1, 0.15) is 11.1 Å². The van der Waals surface area contributed by atoms with Gasteiger partial charge in [-0.25, -0.2) is 0 Å². The number of rotatable bonds is 4. The predicted octanol–water partition coefficient (Wildman–Crippen LogP) is 5.14. The lowest BCUT2D eigenvalue weighted by atomic mass is 10.1. The molecule has 0 bridgehead atoms. The Bertz CT molecular complexity index is 961. The molecule has 0 heterocycles. The first-order valence-corrected chi connectivity index (χ1v) is 11.1. The molecule has 0 amide bonds. The third kappa shape index (κ3) is 3.42. The summed E-state index contributed by atoms with van der Waals surface area (Å²) in [7, 11) is 0. The van der Waals surface area contributed by atoms with Gasteiger partial charge in [-0.3, -0.25) is 0 Å². The quantitative estimate of drug-likeness (QED) is 0.439. The van der Waals surface area contributed by atoms with Crippen molar-refractivity contribution in [2.24, 2.45) is 0 Å². The zero-order valence-electron chi connectivity index (χ0n) is 15.5. The minimum atomic E-state index is -1.93. The maximum absolute atomic E-state index is 2.53. The highest BCUT2D eigenvalue weighted by Gasteiger charge is 2.25. The largest absolute Gasteiger partial charge is 0.0622 e. The molecule has 0 aliphatic heterocycles. The maximum atomic E-state index is 2.53. The van der Waals surface area contributed by atoms with Crippen LogP contribution in [0, 0.1) is 6.92 Å². The van der Waals surface area contributed by atoms with Crippen molar-refractivity contribution in [1.29, 1.82) is 0 Å². The van der Waals surface area contributed by atoms with Gasteiger partial charge in [0.15, 0.2) is 0 Å². The molecule has 4 aromatic carbocycles. The molecule has 27 heavy (non-hydrogen) atoms. The standard InChI is InChI=1S/C26H23P/c1-22-13-11-12-14-23(22)21-27(24-15-5-2-6-16-24,25-17-7-3-8-18-25)26-19-9-4-10-20-26/h2-21H,1H3. The van der Waals surface area contributed by atoms with Gasteiger partial charge < -0.3 is 0 Å². The number of hydrogen-bond donors (Lipinski definition) is 0. The summed E-state index contributed by atoms with van der Waals surface area (Å²) < 4.78 is 0. The molecule has 4 aromatic rings. The summed E-state index contributed by atoms with van der Waals surface area (Å²) >= 11 is 0. The summed E-state index contributed by atoms with van der Waals surface area (Å²) in [5.41, 5.74) is 2.62. The van der Waals surface area contributed by atoms with Crippen LogP contribution in [0.5, 0.6) is 0 Å². The highest BCUT2D eigenvalue weighted by Crippen LogP contribution is 2.44. The summed E-state index contributed by atoms with van der Waals surface area (Å²) in [6.07, 6.45) is 0. The van der Waals surface area contributed by atoms with E-state index in [0.29, 0.717) is 0 Å². The predicted molar refractivity (Wildman–Crippen MR) is 121 cm³/mol. The van der Waals surface area contributed by atoms with Gasteiger partial charge in [0.05, 0.1) is 0 Å². The van der Waals surface area contributed by atoms with Crippen LogP contribution in [-0.4, -0.2) is 5.80 Å². The molecule has 0 spiro atoms. The molecular formula is C26H23P. The van der Waals surface area contributed by atoms with Crippen molar-refractivity contribution in [2.75, 3.05) is 0 Å². The third-order valence-corrected chi connectivity index (χ3v) is 9.02. The van der Waals surface area contributed by atoms with Crippen molar-refractivity contribution in [3.05, 3.63) is 126 Å². The molecule has 1 heteroatoms. The normalized spacial score (nSPS) is 11.1. The lowest BCUT2D eigenvalue weighted by molar-refractivity contribution is 1.46. The van der Waals surface area contributed by atoms with Crippen molar-refractivity contribution < 1.29 is 0 Å². The monoisotopic (exact) mass is 366 g/mol. The molecule has 0 saturated carbocycles. The number of aryl methyl sites for hydroxylation is 1. The van der Waals surface area contributed by atoms with Crippen molar-refractivity contribution in [1.82, 2.24) is 0 Å². The van der Waals surface area contributed by atoms with Crippen molar-refractivity contribution in [3.8, 4) is 0 Å². The van der Waals surface area contributed by atoms with Gasteiger partial charge in [0.25, 0.3) is 0 Å². The van der Waals surface area contributed by atoms with Gasteiger partial charge in [-0.05, 0) is 46.6 Å². The van der Waals surface area contributed by atoms with Gasteiger partial charge in [0.1, 0.15) is 0 Å². The van der Waals surface area contributed by atoms with E-state index < -0.39 is 6.89 Å². The van der Waals surface area contributed by atoms with Crippen LogP contribution in [0.25, 0.3) is 0 Å². The van der Waals surface area contributed by atoms with E-state index in [0.717, 1.165) is 0 Å². The smallest absolute Gasteiger partial charge is 0.0160 e. The van der Waals surface area contributed by atoms with Crippen molar-refractivity contribution >= 4 is 28.6 Å². The second-order valence-corrected chi connectivity index (χ2v) is 9.97. The van der Waals surface area contributed by atoms with Crippen LogP contribution in [0.4, 0.5) is 0 Å². The zero-order valence-corrected chi connectivity index (χ0v) is 16.4. The van der Waals surface area contributed by atoms with Gasteiger partial charge in [-0.15, -0.1) is 0 Å². The molecule has 0 fully saturated rings. The minimum absolute atomic E-state index is 1.31. The first-order valence-electron chi connectivity index (χ1n) is 9.28. The van der Waals surface area contributed by atoms with E-state index in [4.69, 9.17) is 0 Å². The Morgan fingerprint density at radius 2 is 0.852 bits per heavy atom. The summed E-state index contributed by atoms with van der Waals surface area (Å²) in [5, 5.41) is 4.14. The fourth-order valence-corrected chi connectivity index (χ4v) is 7.58. The van der Waals surface area contributed by atoms with Gasteiger partial charge >= 0.3 is 0 Å². The Kier molecular flexibility index (Phi) is 5.10. The molecule has 0 unspecified atom stereocenters. The highest BCUT2D eigenvalue weighted by molar-refractivity contribution is 7.94. The third-order valence-electron chi connectivity index (χ3n) is 5.01. The molecule has 0 radical (unpaired) electrons. The summed E-state index contributed by atoms with van der Waals surface area (Å²) in [6.45, 7) is 0.269. The molecule has 0 aliphatic rings. The van der Waals surface area contributed by atoms with Crippen LogP contribution in [0.3, 0.4) is 0 Å². The van der Waals surface area contributed by atoms with Crippen molar-refractivity contribution in [2.45, 2.75) is 6.92 Å². The van der Waals surface area contributed by atoms with E-state index >= 15 is 0 Å². The summed E-state index contributed by atoms with van der Waals surface area (Å²) in [4.78, 5) is 0. The number of hydrogen-bond acceptors (Lipinski definition) is 0. The van der Waals surface area contributed by atoms with Crippen LogP contribution >= 0.6 is 6.89 Å². The van der Waals surface area contributed by atoms with E-state index in [1.807, 2.05) is 0 Å². The first-order chi connectivity index (χ1) is 13.3. The molecule has 0 atom stereocenters. The van der Waals surface area contributed by atoms with Gasteiger partial charge in [0.2, 0.25) is 0 Å². The summed E-state index contributed by atoms with van der Waals surface area (Å²) in [6, 6.07) is 41.6. The Hall–Kier alpha value is -2.82. The zero-order chi connectivity index (χ0) is 18.5. The van der Waals surface area contributed by atoms with Crippen LogP contribution in [0.15, 0.2) is 115 Å². The molecule has 4 rings (SSSR count). The second kappa shape index (κ2) is 7.82. The van der Waals surface area contributed by atoms with Crippen LogP contribution in [-0.2, 0) is 0 Å². The van der Waals surface area contributed by atoms with Gasteiger partial charge in [0, 0.05) is 0 Å². The molecule has 0 nitrogen and oxygen atoms in total. The second-order valence-electron chi connectivity index (χ2n) is 6.72. The molecule has 0 saturated heterocycles. The molecular weight excluding hydrogens is 343 g/mol. The van der Waals surface area contributed by atoms with Gasteiger partial charge in [-0.1, -0.05) is 115 Å². The Morgan fingerprint density at radius 1 is 0.481 bits per heavy atom. The van der Waals surface area contributed by atoms with E-state index in [2.05, 4.69) is 128 Å². The van der Waals surface area contributed by atoms with E-state index in [9.17, 15) is 0 Å². The fraction of sp³-hybridized carbons (Fsp3) is 0.0385. The Morgan fingerprint density at radius 3 is 1.26 bits per heavy atom. The number of benzene rings is 4. The average molecular weight is 366 g/mol. The van der Waals surface area contributed by atoms with E-state index in [1.54, 1.807) is 0 Å².